The quantitative estimate of drug-likeness (QED) is 0.143. The number of ether oxygens (including phenoxy) is 2. The number of amides is 4. The van der Waals surface area contributed by atoms with Crippen LogP contribution in [0.1, 0.15) is 71.4 Å². The molecule has 4 rings (SSSR count). The topological polar surface area (TPSA) is 158 Å². The molecule has 0 saturated carbocycles. The lowest BCUT2D eigenvalue weighted by Crippen LogP contribution is -2.59. The Morgan fingerprint density at radius 1 is 0.679 bits per heavy atom. The van der Waals surface area contributed by atoms with Crippen LogP contribution >= 0.6 is 0 Å². The summed E-state index contributed by atoms with van der Waals surface area (Å²) < 4.78 is 10.8. The summed E-state index contributed by atoms with van der Waals surface area (Å²) in [6.07, 6.45) is 2.43. The summed E-state index contributed by atoms with van der Waals surface area (Å²) in [7, 11) is 0. The first-order chi connectivity index (χ1) is 25.3. The SMILES string of the molecule is CC(C)CC[C@H](NC(=O)[C@H](CCc1ccccc1)NC(=O)CN1CCOCC1)C(=O)N[C@@H](Cc1ccccc1)C(=O)N[C@H](CC(C)C)C(=O)[C@]1(C)CO1. The number of nitrogens with zero attached hydrogens (tertiary/aromatic N) is 1. The van der Waals surface area contributed by atoms with Gasteiger partial charge in [0.05, 0.1) is 32.4 Å². The monoisotopic (exact) mass is 733 g/mol. The van der Waals surface area contributed by atoms with Gasteiger partial charge in [-0.05, 0) is 62.0 Å². The summed E-state index contributed by atoms with van der Waals surface area (Å²) in [6, 6.07) is 15.4. The molecule has 2 aliphatic heterocycles. The molecule has 0 radical (unpaired) electrons. The molecule has 2 heterocycles. The lowest BCUT2D eigenvalue weighted by atomic mass is 9.93. The highest BCUT2D eigenvalue weighted by molar-refractivity contribution is 5.98. The summed E-state index contributed by atoms with van der Waals surface area (Å²) in [5.74, 6) is -1.58. The van der Waals surface area contributed by atoms with Gasteiger partial charge < -0.3 is 30.7 Å². The molecule has 0 aromatic heterocycles. The van der Waals surface area contributed by atoms with Crippen molar-refractivity contribution in [2.45, 2.75) is 103 Å². The van der Waals surface area contributed by atoms with E-state index in [9.17, 15) is 24.0 Å². The van der Waals surface area contributed by atoms with Gasteiger partial charge in [0.2, 0.25) is 23.6 Å². The number of Topliss-reactive ketones (excluding diaryl/α,β-unsaturated/α-hetero) is 1. The van der Waals surface area contributed by atoms with E-state index in [1.165, 1.54) is 0 Å². The third-order valence-electron chi connectivity index (χ3n) is 9.71. The van der Waals surface area contributed by atoms with Crippen molar-refractivity contribution < 1.29 is 33.4 Å². The Morgan fingerprint density at radius 3 is 1.77 bits per heavy atom. The largest absolute Gasteiger partial charge is 0.379 e. The number of ketones is 1. The molecule has 53 heavy (non-hydrogen) atoms. The average Bonchev–Trinajstić information content (AvgIpc) is 3.89. The average molecular weight is 734 g/mol. The Labute approximate surface area is 314 Å². The van der Waals surface area contributed by atoms with Crippen molar-refractivity contribution in [3.63, 3.8) is 0 Å². The lowest BCUT2D eigenvalue weighted by molar-refractivity contribution is -0.135. The van der Waals surface area contributed by atoms with Gasteiger partial charge in [-0.15, -0.1) is 0 Å². The van der Waals surface area contributed by atoms with E-state index in [1.54, 1.807) is 6.92 Å². The van der Waals surface area contributed by atoms with Crippen LogP contribution in [0.5, 0.6) is 0 Å². The molecule has 0 bridgehead atoms. The Bertz CT molecular complexity index is 1490. The zero-order valence-electron chi connectivity index (χ0n) is 32.0. The summed E-state index contributed by atoms with van der Waals surface area (Å²) in [6.45, 7) is 12.5. The van der Waals surface area contributed by atoms with Crippen LogP contribution in [0.3, 0.4) is 0 Å². The fraction of sp³-hybridized carbons (Fsp3) is 0.585. The van der Waals surface area contributed by atoms with E-state index in [-0.39, 0.29) is 36.5 Å². The number of hydrogen-bond donors (Lipinski definition) is 4. The van der Waals surface area contributed by atoms with Gasteiger partial charge in [-0.25, -0.2) is 0 Å². The zero-order valence-corrected chi connectivity index (χ0v) is 32.0. The summed E-state index contributed by atoms with van der Waals surface area (Å²) in [4.78, 5) is 70.7. The summed E-state index contributed by atoms with van der Waals surface area (Å²) >= 11 is 0. The molecule has 2 aromatic carbocycles. The Hall–Kier alpha value is -4.13. The molecule has 0 spiro atoms. The molecule has 12 heteroatoms. The highest BCUT2D eigenvalue weighted by Crippen LogP contribution is 2.29. The van der Waals surface area contributed by atoms with Crippen LogP contribution < -0.4 is 21.3 Å². The van der Waals surface area contributed by atoms with Crippen LogP contribution in [0.4, 0.5) is 0 Å². The van der Waals surface area contributed by atoms with Gasteiger partial charge in [0.25, 0.3) is 0 Å². The molecule has 0 aliphatic carbocycles. The van der Waals surface area contributed by atoms with E-state index in [4.69, 9.17) is 9.47 Å². The van der Waals surface area contributed by atoms with Crippen molar-refractivity contribution in [3.8, 4) is 0 Å². The minimum atomic E-state index is -1.03. The molecular weight excluding hydrogens is 674 g/mol. The van der Waals surface area contributed by atoms with E-state index < -0.39 is 47.5 Å². The van der Waals surface area contributed by atoms with Gasteiger partial charge in [0.15, 0.2) is 5.78 Å². The van der Waals surface area contributed by atoms with E-state index in [0.717, 1.165) is 11.1 Å². The molecule has 2 fully saturated rings. The van der Waals surface area contributed by atoms with Gasteiger partial charge in [0, 0.05) is 19.5 Å². The van der Waals surface area contributed by atoms with E-state index in [2.05, 4.69) is 21.3 Å². The number of rotatable bonds is 21. The van der Waals surface area contributed by atoms with Crippen molar-refractivity contribution in [2.24, 2.45) is 11.8 Å². The van der Waals surface area contributed by atoms with Crippen LogP contribution in [-0.4, -0.2) is 104 Å². The van der Waals surface area contributed by atoms with Gasteiger partial charge in [0.1, 0.15) is 23.7 Å². The molecule has 4 amide bonds. The summed E-state index contributed by atoms with van der Waals surface area (Å²) in [5, 5.41) is 11.7. The van der Waals surface area contributed by atoms with Crippen LogP contribution in [0.2, 0.25) is 0 Å². The standard InChI is InChI=1S/C41H59N5O7/c1-28(2)16-18-33(43-38(49)32(19-17-30-12-8-6-9-13-30)42-36(47)26-46-20-22-52-23-21-46)39(50)45-35(25-31-14-10-7-11-15-31)40(51)44-34(24-29(3)4)37(48)41(5)27-53-41/h6-15,28-29,32-35H,16-27H2,1-5H3,(H,42,47)(H,43,49)(H,44,51)(H,45,50)/t32-,33-,34+,35-,41-/m0/s1. The number of epoxide rings is 1. The van der Waals surface area contributed by atoms with Crippen LogP contribution in [0.15, 0.2) is 60.7 Å². The van der Waals surface area contributed by atoms with E-state index >= 15 is 0 Å². The lowest BCUT2D eigenvalue weighted by Gasteiger charge is -2.28. The van der Waals surface area contributed by atoms with Crippen molar-refractivity contribution in [1.82, 2.24) is 26.2 Å². The van der Waals surface area contributed by atoms with Crippen LogP contribution in [0, 0.1) is 11.8 Å². The van der Waals surface area contributed by atoms with Gasteiger partial charge >= 0.3 is 0 Å². The van der Waals surface area contributed by atoms with Crippen LogP contribution in [0.25, 0.3) is 0 Å². The number of aryl methyl sites for hydroxylation is 1. The van der Waals surface area contributed by atoms with Crippen molar-refractivity contribution in [1.29, 1.82) is 0 Å². The minimum absolute atomic E-state index is 0.119. The molecule has 4 N–H and O–H groups in total. The number of hydrogen-bond acceptors (Lipinski definition) is 8. The first-order valence-corrected chi connectivity index (χ1v) is 19.1. The Morgan fingerprint density at radius 2 is 1.21 bits per heavy atom. The fourth-order valence-electron chi connectivity index (χ4n) is 6.39. The maximum atomic E-state index is 14.2. The number of carbonyl (C=O) groups excluding carboxylic acids is 5. The minimum Gasteiger partial charge on any atom is -0.379 e. The highest BCUT2D eigenvalue weighted by atomic mass is 16.6. The van der Waals surface area contributed by atoms with Gasteiger partial charge in [-0.1, -0.05) is 88.4 Å². The molecule has 2 aromatic rings. The maximum absolute atomic E-state index is 14.2. The summed E-state index contributed by atoms with van der Waals surface area (Å²) in [5.41, 5.74) is 0.920. The van der Waals surface area contributed by atoms with E-state index in [0.29, 0.717) is 65.0 Å². The third-order valence-corrected chi connectivity index (χ3v) is 9.71. The molecule has 5 atom stereocenters. The van der Waals surface area contributed by atoms with Crippen molar-refractivity contribution in [3.05, 3.63) is 71.8 Å². The molecule has 12 nitrogen and oxygen atoms in total. The molecule has 2 aliphatic rings. The zero-order chi connectivity index (χ0) is 38.4. The predicted molar refractivity (Wildman–Crippen MR) is 203 cm³/mol. The third kappa shape index (κ3) is 14.0. The predicted octanol–water partition coefficient (Wildman–Crippen LogP) is 2.97. The second kappa shape index (κ2) is 20.4. The first kappa shape index (κ1) is 41.6. The van der Waals surface area contributed by atoms with Gasteiger partial charge in [-0.2, -0.15) is 0 Å². The number of morpholine rings is 1. The first-order valence-electron chi connectivity index (χ1n) is 19.1. The number of carbonyl (C=O) groups is 5. The molecule has 290 valence electrons. The second-order valence-corrected chi connectivity index (χ2v) is 15.4. The van der Waals surface area contributed by atoms with Gasteiger partial charge in [-0.3, -0.25) is 28.9 Å². The van der Waals surface area contributed by atoms with E-state index in [1.807, 2.05) is 93.3 Å². The normalized spacial score (nSPS) is 19.5. The Kier molecular flexibility index (Phi) is 16.0. The molecular formula is C41H59N5O7. The van der Waals surface area contributed by atoms with Crippen molar-refractivity contribution >= 4 is 29.4 Å². The number of benzene rings is 2. The fourth-order valence-corrected chi connectivity index (χ4v) is 6.39. The molecule has 2 saturated heterocycles. The second-order valence-electron chi connectivity index (χ2n) is 15.4. The van der Waals surface area contributed by atoms with Crippen molar-refractivity contribution in [2.75, 3.05) is 39.5 Å². The smallest absolute Gasteiger partial charge is 0.243 e. The highest BCUT2D eigenvalue weighted by Gasteiger charge is 2.50. The maximum Gasteiger partial charge on any atom is 0.243 e. The Balaban J connectivity index is 1.52. The van der Waals surface area contributed by atoms with Crippen LogP contribution in [-0.2, 0) is 46.3 Å². The number of nitrogens with one attached hydrogen (secondary N) is 4. The molecule has 0 unspecified atom stereocenters.